The zero-order chi connectivity index (χ0) is 18.9. The molecule has 1 aliphatic rings. The fraction of sp³-hybridized carbons (Fsp3) is 0.600. The highest BCUT2D eigenvalue weighted by atomic mass is 127. The van der Waals surface area contributed by atoms with Crippen molar-refractivity contribution < 1.29 is 14.3 Å². The summed E-state index contributed by atoms with van der Waals surface area (Å²) in [5.41, 5.74) is 1.15. The van der Waals surface area contributed by atoms with Crippen molar-refractivity contribution in [2.75, 3.05) is 33.9 Å². The number of benzene rings is 1. The second kappa shape index (κ2) is 12.0. The molecule has 1 aromatic carbocycles. The molecule has 6 nitrogen and oxygen atoms in total. The van der Waals surface area contributed by atoms with Crippen LogP contribution >= 0.6 is 24.0 Å². The SMILES string of the molecule is CN=C(NCc1cccc(OCC(C)C)c1)N1CCC(C(=O)OC)CC1.I. The summed E-state index contributed by atoms with van der Waals surface area (Å²) >= 11 is 0. The lowest BCUT2D eigenvalue weighted by molar-refractivity contribution is -0.146. The van der Waals surface area contributed by atoms with Gasteiger partial charge in [0.15, 0.2) is 5.96 Å². The first-order chi connectivity index (χ1) is 12.5. The summed E-state index contributed by atoms with van der Waals surface area (Å²) in [5.74, 6) is 2.16. The predicted octanol–water partition coefficient (Wildman–Crippen LogP) is 3.30. The van der Waals surface area contributed by atoms with Crippen molar-refractivity contribution in [1.82, 2.24) is 10.2 Å². The molecule has 0 aliphatic carbocycles. The van der Waals surface area contributed by atoms with Crippen LogP contribution in [0.1, 0.15) is 32.3 Å². The first kappa shape index (κ1) is 23.5. The first-order valence-corrected chi connectivity index (χ1v) is 9.28. The van der Waals surface area contributed by atoms with Crippen LogP contribution in [0, 0.1) is 11.8 Å². The molecule has 27 heavy (non-hydrogen) atoms. The van der Waals surface area contributed by atoms with E-state index in [9.17, 15) is 4.79 Å². The number of carbonyl (C=O) groups is 1. The maximum atomic E-state index is 11.7. The van der Waals surface area contributed by atoms with Gasteiger partial charge in [0.25, 0.3) is 0 Å². The van der Waals surface area contributed by atoms with E-state index in [2.05, 4.69) is 41.2 Å². The largest absolute Gasteiger partial charge is 0.493 e. The van der Waals surface area contributed by atoms with E-state index in [1.807, 2.05) is 12.1 Å². The number of nitrogens with zero attached hydrogens (tertiary/aromatic N) is 2. The Hall–Kier alpha value is -1.51. The summed E-state index contributed by atoms with van der Waals surface area (Å²) in [6.07, 6.45) is 1.60. The summed E-state index contributed by atoms with van der Waals surface area (Å²) < 4.78 is 10.6. The standard InChI is InChI=1S/C20H31N3O3.HI/c1-15(2)14-26-18-7-5-6-16(12-18)13-22-20(21-3)23-10-8-17(9-11-23)19(24)25-4;/h5-7,12,15,17H,8-11,13-14H2,1-4H3,(H,21,22);1H. The number of methoxy groups -OCH3 is 1. The Balaban J connectivity index is 0.00000364. The quantitative estimate of drug-likeness (QED) is 0.288. The van der Waals surface area contributed by atoms with Gasteiger partial charge in [-0.05, 0) is 36.5 Å². The van der Waals surface area contributed by atoms with E-state index in [0.29, 0.717) is 19.1 Å². The molecule has 7 heteroatoms. The molecule has 0 spiro atoms. The van der Waals surface area contributed by atoms with E-state index >= 15 is 0 Å². The van der Waals surface area contributed by atoms with Crippen LogP contribution in [0.15, 0.2) is 29.3 Å². The minimum Gasteiger partial charge on any atom is -0.493 e. The Bertz CT molecular complexity index is 614. The second-order valence-electron chi connectivity index (χ2n) is 7.04. The van der Waals surface area contributed by atoms with E-state index in [0.717, 1.165) is 43.2 Å². The number of nitrogens with one attached hydrogen (secondary N) is 1. The Morgan fingerprint density at radius 3 is 2.63 bits per heavy atom. The topological polar surface area (TPSA) is 63.2 Å². The number of halogens is 1. The molecule has 0 aromatic heterocycles. The van der Waals surface area contributed by atoms with Crippen LogP contribution < -0.4 is 10.1 Å². The van der Waals surface area contributed by atoms with Crippen molar-refractivity contribution in [3.63, 3.8) is 0 Å². The van der Waals surface area contributed by atoms with Crippen molar-refractivity contribution in [3.05, 3.63) is 29.8 Å². The monoisotopic (exact) mass is 489 g/mol. The average Bonchev–Trinajstić information content (AvgIpc) is 2.67. The molecule has 1 saturated heterocycles. The predicted molar refractivity (Wildman–Crippen MR) is 119 cm³/mol. The number of hydrogen-bond acceptors (Lipinski definition) is 4. The molecule has 0 radical (unpaired) electrons. The molecule has 1 aromatic rings. The molecular weight excluding hydrogens is 457 g/mol. The zero-order valence-electron chi connectivity index (χ0n) is 16.7. The summed E-state index contributed by atoms with van der Waals surface area (Å²) in [4.78, 5) is 18.2. The van der Waals surface area contributed by atoms with Crippen molar-refractivity contribution in [2.45, 2.75) is 33.2 Å². The number of carbonyl (C=O) groups excluding carboxylic acids is 1. The fourth-order valence-corrected chi connectivity index (χ4v) is 3.02. The van der Waals surface area contributed by atoms with Gasteiger partial charge < -0.3 is 19.7 Å². The minimum absolute atomic E-state index is 0. The summed E-state index contributed by atoms with van der Waals surface area (Å²) in [6, 6.07) is 8.13. The summed E-state index contributed by atoms with van der Waals surface area (Å²) in [6.45, 7) is 7.28. The molecule has 1 fully saturated rings. The Kier molecular flexibility index (Phi) is 10.5. The molecule has 1 N–H and O–H groups in total. The number of hydrogen-bond donors (Lipinski definition) is 1. The van der Waals surface area contributed by atoms with Gasteiger partial charge >= 0.3 is 5.97 Å². The Morgan fingerprint density at radius 1 is 1.33 bits per heavy atom. The van der Waals surface area contributed by atoms with Crippen LogP contribution in [0.3, 0.4) is 0 Å². The van der Waals surface area contributed by atoms with Crippen LogP contribution in [0.5, 0.6) is 5.75 Å². The van der Waals surface area contributed by atoms with E-state index in [4.69, 9.17) is 9.47 Å². The van der Waals surface area contributed by atoms with Crippen LogP contribution in [0.25, 0.3) is 0 Å². The molecule has 1 heterocycles. The van der Waals surface area contributed by atoms with Gasteiger partial charge in [-0.1, -0.05) is 26.0 Å². The van der Waals surface area contributed by atoms with Crippen LogP contribution in [-0.4, -0.2) is 50.7 Å². The lowest BCUT2D eigenvalue weighted by Crippen LogP contribution is -2.46. The Labute approximate surface area is 179 Å². The summed E-state index contributed by atoms with van der Waals surface area (Å²) in [7, 11) is 3.24. The highest BCUT2D eigenvalue weighted by Crippen LogP contribution is 2.19. The number of piperidine rings is 1. The number of aliphatic imine (C=N–C) groups is 1. The van der Waals surface area contributed by atoms with Crippen LogP contribution in [0.2, 0.25) is 0 Å². The van der Waals surface area contributed by atoms with E-state index in [1.54, 1.807) is 7.05 Å². The minimum atomic E-state index is -0.106. The molecule has 0 atom stereocenters. The van der Waals surface area contributed by atoms with Crippen molar-refractivity contribution in [2.24, 2.45) is 16.8 Å². The van der Waals surface area contributed by atoms with E-state index in [1.165, 1.54) is 7.11 Å². The second-order valence-corrected chi connectivity index (χ2v) is 7.04. The van der Waals surface area contributed by atoms with Gasteiger partial charge in [-0.2, -0.15) is 0 Å². The van der Waals surface area contributed by atoms with Gasteiger partial charge in [0.1, 0.15) is 5.75 Å². The molecule has 0 amide bonds. The lowest BCUT2D eigenvalue weighted by atomic mass is 9.97. The van der Waals surface area contributed by atoms with Gasteiger partial charge in [-0.3, -0.25) is 9.79 Å². The van der Waals surface area contributed by atoms with Crippen molar-refractivity contribution in [1.29, 1.82) is 0 Å². The first-order valence-electron chi connectivity index (χ1n) is 9.28. The maximum absolute atomic E-state index is 11.7. The van der Waals surface area contributed by atoms with Gasteiger partial charge in [-0.15, -0.1) is 24.0 Å². The Morgan fingerprint density at radius 2 is 2.04 bits per heavy atom. The van der Waals surface area contributed by atoms with Crippen molar-refractivity contribution in [3.8, 4) is 5.75 Å². The molecule has 0 unspecified atom stereocenters. The lowest BCUT2D eigenvalue weighted by Gasteiger charge is -2.33. The van der Waals surface area contributed by atoms with Gasteiger partial charge in [-0.25, -0.2) is 0 Å². The number of ether oxygens (including phenoxy) is 2. The van der Waals surface area contributed by atoms with Crippen LogP contribution in [-0.2, 0) is 16.1 Å². The normalized spacial score (nSPS) is 15.3. The molecule has 0 saturated carbocycles. The molecule has 2 rings (SSSR count). The maximum Gasteiger partial charge on any atom is 0.308 e. The zero-order valence-corrected chi connectivity index (χ0v) is 19.1. The number of esters is 1. The highest BCUT2D eigenvalue weighted by molar-refractivity contribution is 14.0. The van der Waals surface area contributed by atoms with Gasteiger partial charge in [0, 0.05) is 26.7 Å². The smallest absolute Gasteiger partial charge is 0.308 e. The highest BCUT2D eigenvalue weighted by Gasteiger charge is 2.26. The molecule has 152 valence electrons. The van der Waals surface area contributed by atoms with Crippen LogP contribution in [0.4, 0.5) is 0 Å². The third-order valence-corrected chi connectivity index (χ3v) is 4.47. The average molecular weight is 489 g/mol. The number of likely N-dealkylation sites (tertiary alicyclic amines) is 1. The number of rotatable bonds is 6. The third-order valence-electron chi connectivity index (χ3n) is 4.47. The summed E-state index contributed by atoms with van der Waals surface area (Å²) in [5, 5.41) is 3.41. The van der Waals surface area contributed by atoms with Gasteiger partial charge in [0.05, 0.1) is 19.6 Å². The molecule has 0 bridgehead atoms. The van der Waals surface area contributed by atoms with Gasteiger partial charge in [0.2, 0.25) is 0 Å². The van der Waals surface area contributed by atoms with E-state index in [-0.39, 0.29) is 35.9 Å². The molecular formula is C20H32IN3O3. The van der Waals surface area contributed by atoms with Crippen molar-refractivity contribution >= 4 is 35.9 Å². The fourth-order valence-electron chi connectivity index (χ4n) is 3.02. The molecule has 1 aliphatic heterocycles. The van der Waals surface area contributed by atoms with E-state index < -0.39 is 0 Å². The third kappa shape index (κ3) is 7.56. The number of guanidine groups is 1.